The molecule has 616 valence electrons. The van der Waals surface area contributed by atoms with Crippen molar-refractivity contribution in [1.82, 2.24) is 0 Å². The van der Waals surface area contributed by atoms with Crippen LogP contribution in [-0.4, -0.2) is 96.7 Å². The normalized spacial score (nSPS) is 14.6. The molecule has 5 atom stereocenters. The van der Waals surface area contributed by atoms with Gasteiger partial charge in [0.2, 0.25) is 0 Å². The summed E-state index contributed by atoms with van der Waals surface area (Å²) in [4.78, 5) is 73.1. The number of hydrogen-bond donors (Lipinski definition) is 3. The molecule has 0 fully saturated rings. The van der Waals surface area contributed by atoms with Crippen LogP contribution in [0.4, 0.5) is 0 Å². The van der Waals surface area contributed by atoms with Crippen LogP contribution in [0.2, 0.25) is 0 Å². The van der Waals surface area contributed by atoms with Gasteiger partial charge in [0.15, 0.2) is 12.2 Å². The van der Waals surface area contributed by atoms with Gasteiger partial charge >= 0.3 is 39.5 Å². The van der Waals surface area contributed by atoms with Gasteiger partial charge < -0.3 is 33.8 Å². The van der Waals surface area contributed by atoms with Crippen molar-refractivity contribution in [3.8, 4) is 0 Å². The zero-order valence-electron chi connectivity index (χ0n) is 67.5. The average Bonchev–Trinajstić information content (AvgIpc) is 0.923. The maximum atomic E-state index is 13.1. The maximum Gasteiger partial charge on any atom is 0.472 e. The van der Waals surface area contributed by atoms with Gasteiger partial charge in [-0.25, -0.2) is 9.13 Å². The van der Waals surface area contributed by atoms with Crippen molar-refractivity contribution in [1.29, 1.82) is 0 Å². The summed E-state index contributed by atoms with van der Waals surface area (Å²) in [6, 6.07) is 0. The Labute approximate surface area is 655 Å². The van der Waals surface area contributed by atoms with Crippen LogP contribution in [0.15, 0.2) is 158 Å². The fourth-order valence-electron chi connectivity index (χ4n) is 10.6. The molecule has 17 nitrogen and oxygen atoms in total. The number of aliphatic hydroxyl groups excluding tert-OH is 1. The Bertz CT molecular complexity index is 2660. The predicted molar refractivity (Wildman–Crippen MR) is 445 cm³/mol. The van der Waals surface area contributed by atoms with Crippen molar-refractivity contribution in [3.05, 3.63) is 158 Å². The molecule has 19 heteroatoms. The summed E-state index contributed by atoms with van der Waals surface area (Å²) in [6.45, 7) is 4.57. The smallest absolute Gasteiger partial charge is 0.462 e. The molecule has 0 aliphatic rings. The lowest BCUT2D eigenvalue weighted by Gasteiger charge is -2.21. The number of esters is 4. The number of aliphatic hydroxyl groups is 1. The quantitative estimate of drug-likeness (QED) is 0.0169. The first-order valence-corrected chi connectivity index (χ1v) is 44.7. The molecule has 0 spiro atoms. The second-order valence-electron chi connectivity index (χ2n) is 27.3. The van der Waals surface area contributed by atoms with Crippen molar-refractivity contribution in [2.75, 3.05) is 39.6 Å². The third-order valence-electron chi connectivity index (χ3n) is 17.0. The Morgan fingerprint density at radius 3 is 0.833 bits per heavy atom. The van der Waals surface area contributed by atoms with Gasteiger partial charge in [-0.3, -0.25) is 37.3 Å². The molecular formula is C89H148O17P2. The number of hydrogen-bond acceptors (Lipinski definition) is 15. The lowest BCUT2D eigenvalue weighted by molar-refractivity contribution is -0.161. The first kappa shape index (κ1) is 103. The molecule has 0 rings (SSSR count). The molecule has 0 aliphatic heterocycles. The van der Waals surface area contributed by atoms with E-state index < -0.39 is 97.5 Å². The number of allylic oxidation sites excluding steroid dienone is 26. The van der Waals surface area contributed by atoms with Crippen molar-refractivity contribution in [2.24, 2.45) is 0 Å². The van der Waals surface area contributed by atoms with E-state index in [9.17, 15) is 43.2 Å². The van der Waals surface area contributed by atoms with Crippen LogP contribution in [0.5, 0.6) is 0 Å². The molecule has 0 bridgehead atoms. The van der Waals surface area contributed by atoms with Gasteiger partial charge in [-0.15, -0.1) is 0 Å². The number of phosphoric acid groups is 2. The van der Waals surface area contributed by atoms with E-state index in [1.54, 1.807) is 0 Å². The monoisotopic (exact) mass is 1550 g/mol. The summed E-state index contributed by atoms with van der Waals surface area (Å²) in [5, 5.41) is 10.7. The van der Waals surface area contributed by atoms with Crippen LogP contribution in [0.3, 0.4) is 0 Å². The number of carbonyl (C=O) groups excluding carboxylic acids is 4. The number of carbonyl (C=O) groups is 4. The molecule has 0 aromatic heterocycles. The molecule has 0 radical (unpaired) electrons. The lowest BCUT2D eigenvalue weighted by atomic mass is 10.1. The number of phosphoric ester groups is 2. The highest BCUT2D eigenvalue weighted by atomic mass is 31.2. The largest absolute Gasteiger partial charge is 0.472 e. The minimum Gasteiger partial charge on any atom is -0.462 e. The zero-order chi connectivity index (χ0) is 78.9. The summed E-state index contributed by atoms with van der Waals surface area (Å²) in [7, 11) is -10.0. The summed E-state index contributed by atoms with van der Waals surface area (Å²) in [5.41, 5.74) is 0. The Hall–Kier alpha value is -5.32. The third kappa shape index (κ3) is 78.8. The predicted octanol–water partition coefficient (Wildman–Crippen LogP) is 24.8. The van der Waals surface area contributed by atoms with Crippen LogP contribution in [0.25, 0.3) is 0 Å². The molecule has 108 heavy (non-hydrogen) atoms. The van der Waals surface area contributed by atoms with Crippen LogP contribution in [0.1, 0.15) is 323 Å². The molecule has 0 amide bonds. The van der Waals surface area contributed by atoms with E-state index in [0.29, 0.717) is 32.1 Å². The Balaban J connectivity index is 5.48. The van der Waals surface area contributed by atoms with Crippen molar-refractivity contribution >= 4 is 39.5 Å². The summed E-state index contributed by atoms with van der Waals surface area (Å²) in [6.07, 6.45) is 93.7. The van der Waals surface area contributed by atoms with E-state index in [0.717, 1.165) is 161 Å². The first-order chi connectivity index (χ1) is 52.7. The fraction of sp³-hybridized carbons (Fsp3) is 0.663. The van der Waals surface area contributed by atoms with Crippen molar-refractivity contribution < 1.29 is 80.2 Å². The molecule has 0 saturated heterocycles. The van der Waals surface area contributed by atoms with E-state index in [2.05, 4.69) is 174 Å². The lowest BCUT2D eigenvalue weighted by Crippen LogP contribution is -2.30. The molecule has 0 aliphatic carbocycles. The summed E-state index contributed by atoms with van der Waals surface area (Å²) in [5.74, 6) is -2.34. The number of rotatable bonds is 77. The molecule has 3 N–H and O–H groups in total. The van der Waals surface area contributed by atoms with Crippen LogP contribution in [0, 0.1) is 0 Å². The average molecular weight is 1550 g/mol. The van der Waals surface area contributed by atoms with Crippen molar-refractivity contribution in [2.45, 2.75) is 341 Å². The Kier molecular flexibility index (Phi) is 75.8. The highest BCUT2D eigenvalue weighted by Crippen LogP contribution is 2.45. The maximum absolute atomic E-state index is 13.1. The van der Waals surface area contributed by atoms with Gasteiger partial charge in [0.25, 0.3) is 0 Å². The SMILES string of the molecule is CC/C=C\C/C=C\C/C=C\C/C=C\C/C=C\CCCCCC(=O)OC[C@H](COP(=O)(O)OC[C@@H](O)COP(=O)(O)OC[C@@H](COC(=O)CC/C=C\C/C=C\C/C=C\C/C=C\C/C=C\CCCCC)OC(=O)CCCCCCC/C=C\C/C=C\CCCCC)OC(=O)CCCCCCC/C=C\CCCCCCCC. The number of unbranched alkanes of at least 4 members (excludes halogenated alkanes) is 25. The van der Waals surface area contributed by atoms with E-state index in [1.807, 2.05) is 12.2 Å². The molecule has 0 aromatic rings. The minimum absolute atomic E-state index is 0.0301. The van der Waals surface area contributed by atoms with E-state index >= 15 is 0 Å². The third-order valence-corrected chi connectivity index (χ3v) is 18.9. The first-order valence-electron chi connectivity index (χ1n) is 41.7. The minimum atomic E-state index is -5.01. The fourth-order valence-corrected chi connectivity index (χ4v) is 12.2. The standard InChI is InChI=1S/C89H148O17P2/c1-5-9-13-17-21-25-29-33-37-39-41-43-47-49-53-57-61-65-69-73-86(91)99-79-84(105-88(93)75-71-67-63-59-55-51-45-35-31-27-23-19-15-11-7-3)81-103-107(95,96)101-77-83(90)78-102-108(97,98)104-82-85(106-89(94)76-72-68-64-60-56-52-46-36-32-28-24-20-16-12-8-4)80-100-87(92)74-70-66-62-58-54-50-48-44-42-40-38-34-30-26-22-18-14-10-6-2/h9,13,21-22,24-26,28,33-38,41-46,49-50,53-54,62,66,83-85,90H,5-8,10-12,14-20,23,27,29-32,39-40,47-48,51-52,55-61,63-65,67-82H2,1-4H3,(H,95,96)(H,97,98)/b13-9-,25-21-,26-22-,28-24-,37-33-,38-34-,43-41-,44-42-,45-35-,46-36-,53-49-,54-50-,66-62-/t83-,84-,85-/m1/s1. The second kappa shape index (κ2) is 79.8. The van der Waals surface area contributed by atoms with E-state index in [-0.39, 0.29) is 25.7 Å². The summed E-state index contributed by atoms with van der Waals surface area (Å²) >= 11 is 0. The highest BCUT2D eigenvalue weighted by Gasteiger charge is 2.30. The summed E-state index contributed by atoms with van der Waals surface area (Å²) < 4.78 is 68.6. The van der Waals surface area contributed by atoms with Crippen molar-refractivity contribution in [3.63, 3.8) is 0 Å². The highest BCUT2D eigenvalue weighted by molar-refractivity contribution is 7.47. The van der Waals surface area contributed by atoms with Gasteiger partial charge in [-0.1, -0.05) is 288 Å². The zero-order valence-corrected chi connectivity index (χ0v) is 69.3. The van der Waals surface area contributed by atoms with Gasteiger partial charge in [-0.2, -0.15) is 0 Å². The number of ether oxygens (including phenoxy) is 4. The molecular weight excluding hydrogens is 1400 g/mol. The van der Waals surface area contributed by atoms with E-state index in [4.69, 9.17) is 37.0 Å². The van der Waals surface area contributed by atoms with Crippen LogP contribution < -0.4 is 0 Å². The molecule has 0 saturated carbocycles. The Morgan fingerprint density at radius 2 is 0.500 bits per heavy atom. The van der Waals surface area contributed by atoms with Gasteiger partial charge in [0.05, 0.1) is 26.4 Å². The van der Waals surface area contributed by atoms with E-state index in [1.165, 1.54) is 77.0 Å². The van der Waals surface area contributed by atoms with Crippen LogP contribution in [-0.2, 0) is 65.4 Å². The Morgan fingerprint density at radius 1 is 0.269 bits per heavy atom. The molecule has 0 aromatic carbocycles. The molecule has 0 heterocycles. The van der Waals surface area contributed by atoms with Crippen LogP contribution >= 0.6 is 15.6 Å². The topological polar surface area (TPSA) is 237 Å². The van der Waals surface area contributed by atoms with Gasteiger partial charge in [-0.05, 0) is 167 Å². The molecule has 2 unspecified atom stereocenters. The van der Waals surface area contributed by atoms with Gasteiger partial charge in [0, 0.05) is 25.7 Å². The second-order valence-corrected chi connectivity index (χ2v) is 30.2. The van der Waals surface area contributed by atoms with Gasteiger partial charge in [0.1, 0.15) is 19.3 Å².